The van der Waals surface area contributed by atoms with E-state index in [1.807, 2.05) is 0 Å². The first-order valence-corrected chi connectivity index (χ1v) is 5.83. The van der Waals surface area contributed by atoms with E-state index >= 15 is 0 Å². The van der Waals surface area contributed by atoms with Crippen LogP contribution in [0.15, 0.2) is 6.07 Å². The largest absolute Gasteiger partial charge is 0.477 e. The lowest BCUT2D eigenvalue weighted by Crippen LogP contribution is -2.31. The van der Waals surface area contributed by atoms with E-state index in [0.717, 1.165) is 31.6 Å². The minimum absolute atomic E-state index is 0.0979. The number of hydrogen-bond acceptors (Lipinski definition) is 4. The number of likely N-dealkylation sites (N-methyl/N-ethyl adjacent to an activating group) is 1. The first-order valence-electron chi connectivity index (χ1n) is 5.83. The number of carbonyl (C=O) groups is 1. The molecule has 1 aromatic heterocycles. The molecule has 1 aliphatic heterocycles. The molecular formula is C12H17N3O2. The van der Waals surface area contributed by atoms with Gasteiger partial charge in [0.25, 0.3) is 0 Å². The summed E-state index contributed by atoms with van der Waals surface area (Å²) in [5, 5.41) is 8.98. The number of carboxylic acid groups (broad SMARTS) is 1. The van der Waals surface area contributed by atoms with E-state index in [1.165, 1.54) is 0 Å². The van der Waals surface area contributed by atoms with Crippen molar-refractivity contribution < 1.29 is 9.90 Å². The van der Waals surface area contributed by atoms with Gasteiger partial charge < -0.3 is 10.0 Å². The van der Waals surface area contributed by atoms with Crippen molar-refractivity contribution in [3.8, 4) is 0 Å². The number of carboxylic acids is 1. The summed E-state index contributed by atoms with van der Waals surface area (Å²) in [6.45, 7) is 3.78. The quantitative estimate of drug-likeness (QED) is 0.836. The molecule has 1 N–H and O–H groups in total. The predicted octanol–water partition coefficient (Wildman–Crippen LogP) is 1.29. The van der Waals surface area contributed by atoms with E-state index in [9.17, 15) is 4.79 Å². The lowest BCUT2D eigenvalue weighted by atomic mass is 9.94. The summed E-state index contributed by atoms with van der Waals surface area (Å²) in [5.74, 6) is -0.123. The van der Waals surface area contributed by atoms with Crippen LogP contribution in [-0.2, 0) is 0 Å². The normalized spacial score (nSPS) is 21.4. The Morgan fingerprint density at radius 3 is 2.94 bits per heavy atom. The Morgan fingerprint density at radius 1 is 1.53 bits per heavy atom. The van der Waals surface area contributed by atoms with Gasteiger partial charge in [-0.15, -0.1) is 0 Å². The Balaban J connectivity index is 2.28. The standard InChI is InChI=1S/C12H17N3O2/c1-8-13-10(6-11(14-8)12(16)17)9-4-3-5-15(2)7-9/h6,9H,3-5,7H2,1-2H3,(H,16,17)/t9-/m0/s1. The molecule has 0 spiro atoms. The van der Waals surface area contributed by atoms with Gasteiger partial charge in [-0.25, -0.2) is 14.8 Å². The molecule has 0 aromatic carbocycles. The number of hydrogen-bond donors (Lipinski definition) is 1. The van der Waals surface area contributed by atoms with Crippen molar-refractivity contribution in [3.05, 3.63) is 23.3 Å². The molecule has 0 radical (unpaired) electrons. The third kappa shape index (κ3) is 2.79. The van der Waals surface area contributed by atoms with Crippen molar-refractivity contribution in [2.24, 2.45) is 0 Å². The maximum absolute atomic E-state index is 11.0. The van der Waals surface area contributed by atoms with Crippen LogP contribution in [0.1, 0.15) is 40.8 Å². The number of aryl methyl sites for hydroxylation is 1. The third-order valence-electron chi connectivity index (χ3n) is 3.12. The maximum Gasteiger partial charge on any atom is 0.354 e. The van der Waals surface area contributed by atoms with Crippen molar-refractivity contribution in [1.82, 2.24) is 14.9 Å². The summed E-state index contributed by atoms with van der Waals surface area (Å²) in [7, 11) is 2.08. The second-order valence-electron chi connectivity index (χ2n) is 4.63. The van der Waals surface area contributed by atoms with Crippen LogP contribution in [0.4, 0.5) is 0 Å². The molecule has 5 heteroatoms. The molecule has 17 heavy (non-hydrogen) atoms. The Hall–Kier alpha value is -1.49. The smallest absolute Gasteiger partial charge is 0.354 e. The van der Waals surface area contributed by atoms with Crippen molar-refractivity contribution in [2.75, 3.05) is 20.1 Å². The van der Waals surface area contributed by atoms with E-state index in [-0.39, 0.29) is 5.69 Å². The molecule has 0 unspecified atom stereocenters. The fourth-order valence-corrected chi connectivity index (χ4v) is 2.32. The molecule has 0 saturated carbocycles. The van der Waals surface area contributed by atoms with Crippen LogP contribution in [0.2, 0.25) is 0 Å². The zero-order valence-corrected chi connectivity index (χ0v) is 10.2. The number of nitrogens with zero attached hydrogens (tertiary/aromatic N) is 3. The minimum atomic E-state index is -0.985. The Morgan fingerprint density at radius 2 is 2.29 bits per heavy atom. The van der Waals surface area contributed by atoms with Crippen LogP contribution in [0.25, 0.3) is 0 Å². The van der Waals surface area contributed by atoms with Crippen molar-refractivity contribution in [3.63, 3.8) is 0 Å². The lowest BCUT2D eigenvalue weighted by molar-refractivity contribution is 0.0689. The number of piperidine rings is 1. The average Bonchev–Trinajstić information content (AvgIpc) is 2.28. The molecule has 0 amide bonds. The Kier molecular flexibility index (Phi) is 3.38. The van der Waals surface area contributed by atoms with E-state index in [2.05, 4.69) is 21.9 Å². The molecule has 1 aliphatic rings. The topological polar surface area (TPSA) is 66.3 Å². The minimum Gasteiger partial charge on any atom is -0.477 e. The van der Waals surface area contributed by atoms with Crippen molar-refractivity contribution in [2.45, 2.75) is 25.7 Å². The highest BCUT2D eigenvalue weighted by Gasteiger charge is 2.21. The summed E-state index contributed by atoms with van der Waals surface area (Å²) < 4.78 is 0. The Bertz CT molecular complexity index is 434. The number of aromatic nitrogens is 2. The van der Waals surface area contributed by atoms with Crippen LogP contribution >= 0.6 is 0 Å². The van der Waals surface area contributed by atoms with Gasteiger partial charge in [0.15, 0.2) is 5.69 Å². The summed E-state index contributed by atoms with van der Waals surface area (Å²) in [4.78, 5) is 21.5. The summed E-state index contributed by atoms with van der Waals surface area (Å²) in [6.07, 6.45) is 2.20. The van der Waals surface area contributed by atoms with Crippen LogP contribution in [-0.4, -0.2) is 46.1 Å². The average molecular weight is 235 g/mol. The Labute approximate surface area is 100 Å². The zero-order chi connectivity index (χ0) is 12.4. The van der Waals surface area contributed by atoms with Gasteiger partial charge >= 0.3 is 5.97 Å². The first kappa shape index (κ1) is 12.0. The third-order valence-corrected chi connectivity index (χ3v) is 3.12. The summed E-state index contributed by atoms with van der Waals surface area (Å²) in [5.41, 5.74) is 0.960. The molecule has 1 aromatic rings. The fraction of sp³-hybridized carbons (Fsp3) is 0.583. The second kappa shape index (κ2) is 4.79. The molecule has 2 rings (SSSR count). The van der Waals surface area contributed by atoms with Crippen LogP contribution in [0.3, 0.4) is 0 Å². The monoisotopic (exact) mass is 235 g/mol. The molecule has 0 aliphatic carbocycles. The highest BCUT2D eigenvalue weighted by molar-refractivity contribution is 5.85. The van der Waals surface area contributed by atoms with Gasteiger partial charge in [0, 0.05) is 18.2 Å². The molecular weight excluding hydrogens is 218 g/mol. The molecule has 2 heterocycles. The second-order valence-corrected chi connectivity index (χ2v) is 4.63. The van der Waals surface area contributed by atoms with Gasteiger partial charge in [-0.2, -0.15) is 0 Å². The molecule has 0 bridgehead atoms. The maximum atomic E-state index is 11.0. The molecule has 92 valence electrons. The highest BCUT2D eigenvalue weighted by atomic mass is 16.4. The molecule has 1 saturated heterocycles. The number of aromatic carboxylic acids is 1. The number of rotatable bonds is 2. The van der Waals surface area contributed by atoms with E-state index in [1.54, 1.807) is 13.0 Å². The lowest BCUT2D eigenvalue weighted by Gasteiger charge is -2.29. The van der Waals surface area contributed by atoms with Gasteiger partial charge in [-0.1, -0.05) is 0 Å². The van der Waals surface area contributed by atoms with Gasteiger partial charge in [-0.3, -0.25) is 0 Å². The van der Waals surface area contributed by atoms with Crippen molar-refractivity contribution in [1.29, 1.82) is 0 Å². The van der Waals surface area contributed by atoms with Gasteiger partial charge in [0.1, 0.15) is 5.82 Å². The molecule has 1 atom stereocenters. The van der Waals surface area contributed by atoms with E-state index < -0.39 is 5.97 Å². The summed E-state index contributed by atoms with van der Waals surface area (Å²) in [6, 6.07) is 1.61. The fourth-order valence-electron chi connectivity index (χ4n) is 2.32. The highest BCUT2D eigenvalue weighted by Crippen LogP contribution is 2.25. The van der Waals surface area contributed by atoms with Gasteiger partial charge in [0.05, 0.1) is 0 Å². The zero-order valence-electron chi connectivity index (χ0n) is 10.2. The predicted molar refractivity (Wildman–Crippen MR) is 63.2 cm³/mol. The molecule has 1 fully saturated rings. The van der Waals surface area contributed by atoms with Crippen LogP contribution < -0.4 is 0 Å². The van der Waals surface area contributed by atoms with Crippen LogP contribution in [0.5, 0.6) is 0 Å². The number of likely N-dealkylation sites (tertiary alicyclic amines) is 1. The van der Waals surface area contributed by atoms with E-state index in [4.69, 9.17) is 5.11 Å². The molecule has 5 nitrogen and oxygen atoms in total. The SMILES string of the molecule is Cc1nc(C(=O)O)cc([C@H]2CCCN(C)C2)n1. The van der Waals surface area contributed by atoms with E-state index in [0.29, 0.717) is 11.7 Å². The summed E-state index contributed by atoms with van der Waals surface area (Å²) >= 11 is 0. The van der Waals surface area contributed by atoms with Crippen LogP contribution in [0, 0.1) is 6.92 Å². The van der Waals surface area contributed by atoms with Crippen molar-refractivity contribution >= 4 is 5.97 Å². The van der Waals surface area contributed by atoms with Gasteiger partial charge in [-0.05, 0) is 39.4 Å². The van der Waals surface area contributed by atoms with Gasteiger partial charge in [0.2, 0.25) is 0 Å². The first-order chi connectivity index (χ1) is 8.06.